The van der Waals surface area contributed by atoms with E-state index < -0.39 is 0 Å². The first kappa shape index (κ1) is 13.6. The molecular formula is C16H16O2S. The van der Waals surface area contributed by atoms with E-state index in [9.17, 15) is 0 Å². The highest BCUT2D eigenvalue weighted by Crippen LogP contribution is 2.27. The summed E-state index contributed by atoms with van der Waals surface area (Å²) in [6.45, 7) is 2.06. The summed E-state index contributed by atoms with van der Waals surface area (Å²) < 4.78 is 10.6. The number of rotatable bonds is 4. The lowest BCUT2D eigenvalue weighted by atomic mass is 10.0. The van der Waals surface area contributed by atoms with E-state index in [0.717, 1.165) is 27.5 Å². The first-order valence-corrected chi connectivity index (χ1v) is 6.40. The van der Waals surface area contributed by atoms with Crippen molar-refractivity contribution >= 4 is 17.1 Å². The fourth-order valence-corrected chi connectivity index (χ4v) is 2.15. The number of benzene rings is 2. The molecule has 0 aliphatic carbocycles. The van der Waals surface area contributed by atoms with Crippen molar-refractivity contribution in [1.29, 1.82) is 0 Å². The van der Waals surface area contributed by atoms with Gasteiger partial charge in [-0.1, -0.05) is 42.0 Å². The average molecular weight is 272 g/mol. The maximum atomic E-state index is 5.54. The van der Waals surface area contributed by atoms with Gasteiger partial charge in [0.25, 0.3) is 0 Å². The van der Waals surface area contributed by atoms with Crippen molar-refractivity contribution in [2.45, 2.75) is 6.92 Å². The second kappa shape index (κ2) is 5.85. The smallest absolute Gasteiger partial charge is 0.131 e. The highest BCUT2D eigenvalue weighted by Gasteiger charge is 2.11. The first-order valence-electron chi connectivity index (χ1n) is 5.99. The third-order valence-corrected chi connectivity index (χ3v) is 3.42. The fourth-order valence-electron chi connectivity index (χ4n) is 1.85. The molecule has 0 heterocycles. The Morgan fingerprint density at radius 2 is 1.63 bits per heavy atom. The SMILES string of the molecule is COc1ccc(C(=S)c2ccc(C)cc2)c(OC)c1. The van der Waals surface area contributed by atoms with E-state index >= 15 is 0 Å². The molecule has 0 amide bonds. The number of thiocarbonyl (C=S) groups is 1. The summed E-state index contributed by atoms with van der Waals surface area (Å²) in [4.78, 5) is 0.777. The van der Waals surface area contributed by atoms with Gasteiger partial charge in [-0.25, -0.2) is 0 Å². The van der Waals surface area contributed by atoms with Crippen LogP contribution in [0.2, 0.25) is 0 Å². The molecule has 2 nitrogen and oxygen atoms in total. The average Bonchev–Trinajstić information content (AvgIpc) is 2.46. The van der Waals surface area contributed by atoms with Crippen LogP contribution in [0.25, 0.3) is 0 Å². The molecule has 0 saturated heterocycles. The largest absolute Gasteiger partial charge is 0.497 e. The molecule has 2 rings (SSSR count). The van der Waals surface area contributed by atoms with Gasteiger partial charge in [0.15, 0.2) is 0 Å². The molecule has 0 atom stereocenters. The van der Waals surface area contributed by atoms with Gasteiger partial charge >= 0.3 is 0 Å². The van der Waals surface area contributed by atoms with Gasteiger partial charge in [0.1, 0.15) is 11.5 Å². The van der Waals surface area contributed by atoms with Crippen molar-refractivity contribution in [2.24, 2.45) is 0 Å². The van der Waals surface area contributed by atoms with Gasteiger partial charge in [-0.2, -0.15) is 0 Å². The molecule has 0 aromatic heterocycles. The van der Waals surface area contributed by atoms with Crippen LogP contribution in [0, 0.1) is 6.92 Å². The lowest BCUT2D eigenvalue weighted by Crippen LogP contribution is -2.03. The Kier molecular flexibility index (Phi) is 4.17. The van der Waals surface area contributed by atoms with E-state index in [1.54, 1.807) is 14.2 Å². The van der Waals surface area contributed by atoms with Crippen LogP contribution in [0.4, 0.5) is 0 Å². The van der Waals surface area contributed by atoms with Gasteiger partial charge < -0.3 is 9.47 Å². The monoisotopic (exact) mass is 272 g/mol. The first-order chi connectivity index (χ1) is 9.15. The van der Waals surface area contributed by atoms with E-state index in [4.69, 9.17) is 21.7 Å². The molecule has 0 saturated carbocycles. The molecule has 0 N–H and O–H groups in total. The van der Waals surface area contributed by atoms with Crippen molar-refractivity contribution in [2.75, 3.05) is 14.2 Å². The molecule has 0 radical (unpaired) electrons. The van der Waals surface area contributed by atoms with Crippen LogP contribution in [0.15, 0.2) is 42.5 Å². The van der Waals surface area contributed by atoms with Crippen molar-refractivity contribution in [1.82, 2.24) is 0 Å². The Balaban J connectivity index is 2.40. The Hall–Kier alpha value is -1.87. The second-order valence-electron chi connectivity index (χ2n) is 4.26. The minimum absolute atomic E-state index is 0.727. The van der Waals surface area contributed by atoms with Crippen LogP contribution < -0.4 is 9.47 Å². The summed E-state index contributed by atoms with van der Waals surface area (Å²) in [7, 11) is 3.27. The summed E-state index contributed by atoms with van der Waals surface area (Å²) in [5.74, 6) is 1.48. The van der Waals surface area contributed by atoms with Crippen molar-refractivity contribution in [3.63, 3.8) is 0 Å². The van der Waals surface area contributed by atoms with Crippen molar-refractivity contribution in [3.8, 4) is 11.5 Å². The zero-order valence-corrected chi connectivity index (χ0v) is 12.1. The predicted molar refractivity (Wildman–Crippen MR) is 81.5 cm³/mol. The van der Waals surface area contributed by atoms with Crippen LogP contribution >= 0.6 is 12.2 Å². The number of methoxy groups -OCH3 is 2. The van der Waals surface area contributed by atoms with Crippen LogP contribution in [0.1, 0.15) is 16.7 Å². The second-order valence-corrected chi connectivity index (χ2v) is 4.67. The van der Waals surface area contributed by atoms with E-state index in [0.29, 0.717) is 0 Å². The zero-order valence-electron chi connectivity index (χ0n) is 11.3. The van der Waals surface area contributed by atoms with Gasteiger partial charge in [0.2, 0.25) is 0 Å². The van der Waals surface area contributed by atoms with Crippen LogP contribution in [0.3, 0.4) is 0 Å². The lowest BCUT2D eigenvalue weighted by molar-refractivity contribution is 0.394. The zero-order chi connectivity index (χ0) is 13.8. The summed E-state index contributed by atoms with van der Waals surface area (Å²) in [6, 6.07) is 13.8. The third kappa shape index (κ3) is 2.93. The number of aryl methyl sites for hydroxylation is 1. The Labute approximate surface area is 119 Å². The molecule has 0 unspecified atom stereocenters. The number of ether oxygens (including phenoxy) is 2. The summed E-state index contributed by atoms with van der Waals surface area (Å²) >= 11 is 5.54. The van der Waals surface area contributed by atoms with Crippen LogP contribution in [-0.4, -0.2) is 19.1 Å². The third-order valence-electron chi connectivity index (χ3n) is 2.97. The normalized spacial score (nSPS) is 10.1. The molecule has 3 heteroatoms. The molecule has 0 bridgehead atoms. The standard InChI is InChI=1S/C16H16O2S/c1-11-4-6-12(7-5-11)16(19)14-9-8-13(17-2)10-15(14)18-3/h4-10H,1-3H3. The highest BCUT2D eigenvalue weighted by atomic mass is 32.1. The van der Waals surface area contributed by atoms with Crippen LogP contribution in [0.5, 0.6) is 11.5 Å². The fraction of sp³-hybridized carbons (Fsp3) is 0.188. The molecule has 2 aromatic carbocycles. The molecular weight excluding hydrogens is 256 g/mol. The topological polar surface area (TPSA) is 18.5 Å². The van der Waals surface area contributed by atoms with Crippen molar-refractivity contribution in [3.05, 3.63) is 59.2 Å². The van der Waals surface area contributed by atoms with Gasteiger partial charge in [-0.05, 0) is 24.6 Å². The Bertz CT molecular complexity index is 588. The maximum Gasteiger partial charge on any atom is 0.131 e. The highest BCUT2D eigenvalue weighted by molar-refractivity contribution is 7.81. The summed E-state index contributed by atoms with van der Waals surface area (Å²) in [5, 5.41) is 0. The van der Waals surface area contributed by atoms with E-state index in [1.807, 2.05) is 30.3 Å². The van der Waals surface area contributed by atoms with E-state index in [-0.39, 0.29) is 0 Å². The van der Waals surface area contributed by atoms with Gasteiger partial charge in [0, 0.05) is 11.6 Å². The van der Waals surface area contributed by atoms with E-state index in [1.165, 1.54) is 5.56 Å². The van der Waals surface area contributed by atoms with E-state index in [2.05, 4.69) is 19.1 Å². The molecule has 0 aliphatic rings. The number of hydrogen-bond donors (Lipinski definition) is 0. The van der Waals surface area contributed by atoms with Gasteiger partial charge in [-0.3, -0.25) is 0 Å². The Morgan fingerprint density at radius 1 is 0.947 bits per heavy atom. The number of hydrogen-bond acceptors (Lipinski definition) is 3. The molecule has 2 aromatic rings. The molecule has 19 heavy (non-hydrogen) atoms. The minimum atomic E-state index is 0.727. The maximum absolute atomic E-state index is 5.54. The predicted octanol–water partition coefficient (Wildman–Crippen LogP) is 3.78. The van der Waals surface area contributed by atoms with Crippen molar-refractivity contribution < 1.29 is 9.47 Å². The van der Waals surface area contributed by atoms with Gasteiger partial charge in [-0.15, -0.1) is 0 Å². The van der Waals surface area contributed by atoms with Gasteiger partial charge in [0.05, 0.1) is 19.1 Å². The molecule has 0 aliphatic heterocycles. The summed E-state index contributed by atoms with van der Waals surface area (Å²) in [6.07, 6.45) is 0. The Morgan fingerprint density at radius 3 is 2.21 bits per heavy atom. The molecule has 98 valence electrons. The summed E-state index contributed by atoms with van der Waals surface area (Å²) in [5.41, 5.74) is 3.14. The quantitative estimate of drug-likeness (QED) is 0.623. The molecule has 0 spiro atoms. The van der Waals surface area contributed by atoms with Crippen LogP contribution in [-0.2, 0) is 0 Å². The lowest BCUT2D eigenvalue weighted by Gasteiger charge is -2.11. The minimum Gasteiger partial charge on any atom is -0.497 e. The molecule has 0 fully saturated rings.